The molecule has 17 heavy (non-hydrogen) atoms. The molecule has 0 N–H and O–H groups in total. The molecule has 0 amide bonds. The molecule has 0 aliphatic heterocycles. The second-order valence-corrected chi connectivity index (χ2v) is 4.77. The summed E-state index contributed by atoms with van der Waals surface area (Å²) < 4.78 is 6.66. The lowest BCUT2D eigenvalue weighted by Gasteiger charge is -2.07. The zero-order chi connectivity index (χ0) is 12.3. The molecule has 1 aromatic carbocycles. The summed E-state index contributed by atoms with van der Waals surface area (Å²) in [7, 11) is 0. The lowest BCUT2D eigenvalue weighted by molar-refractivity contribution is 0.461. The Kier molecular flexibility index (Phi) is 4.02. The van der Waals surface area contributed by atoms with Crippen molar-refractivity contribution in [2.45, 2.75) is 12.8 Å². The third-order valence-corrected chi connectivity index (χ3v) is 3.17. The largest absolute Gasteiger partial charge is 0.439 e. The number of halogens is 2. The maximum atomic E-state index is 5.78. The van der Waals surface area contributed by atoms with Crippen LogP contribution in [0.4, 0.5) is 0 Å². The molecule has 88 valence electrons. The van der Waals surface area contributed by atoms with E-state index in [4.69, 9.17) is 16.3 Å². The summed E-state index contributed by atoms with van der Waals surface area (Å²) in [5.74, 6) is 1.81. The van der Waals surface area contributed by atoms with Crippen molar-refractivity contribution in [3.63, 3.8) is 0 Å². The minimum absolute atomic E-state index is 0.470. The van der Waals surface area contributed by atoms with E-state index in [1.807, 2.05) is 43.3 Å². The number of ether oxygens (including phenoxy) is 1. The monoisotopic (exact) mass is 311 g/mol. The molecule has 4 heteroatoms. The molecule has 1 heterocycles. The van der Waals surface area contributed by atoms with Gasteiger partial charge in [-0.3, -0.25) is 0 Å². The van der Waals surface area contributed by atoms with Crippen LogP contribution in [-0.2, 0) is 5.88 Å². The van der Waals surface area contributed by atoms with Crippen molar-refractivity contribution < 1.29 is 4.74 Å². The van der Waals surface area contributed by atoms with Crippen molar-refractivity contribution in [2.24, 2.45) is 0 Å². The first-order chi connectivity index (χ1) is 8.19. The predicted molar refractivity (Wildman–Crippen MR) is 72.7 cm³/mol. The van der Waals surface area contributed by atoms with E-state index >= 15 is 0 Å². The highest BCUT2D eigenvalue weighted by Gasteiger charge is 2.02. The molecule has 0 atom stereocenters. The Labute approximate surface area is 114 Å². The van der Waals surface area contributed by atoms with Crippen LogP contribution in [0, 0.1) is 6.92 Å². The summed E-state index contributed by atoms with van der Waals surface area (Å²) in [6.07, 6.45) is 0. The first kappa shape index (κ1) is 12.4. The smallest absolute Gasteiger partial charge is 0.219 e. The Hall–Kier alpha value is -1.06. The fourth-order valence-electron chi connectivity index (χ4n) is 1.39. The van der Waals surface area contributed by atoms with E-state index in [9.17, 15) is 0 Å². The molecule has 0 aliphatic carbocycles. The summed E-state index contributed by atoms with van der Waals surface area (Å²) >= 11 is 9.15. The van der Waals surface area contributed by atoms with Crippen molar-refractivity contribution >= 4 is 27.5 Å². The van der Waals surface area contributed by atoms with Gasteiger partial charge in [-0.2, -0.15) is 0 Å². The van der Waals surface area contributed by atoms with E-state index in [1.165, 1.54) is 0 Å². The minimum Gasteiger partial charge on any atom is -0.439 e. The van der Waals surface area contributed by atoms with Crippen LogP contribution in [0.3, 0.4) is 0 Å². The fourth-order valence-corrected chi connectivity index (χ4v) is 1.94. The van der Waals surface area contributed by atoms with Crippen molar-refractivity contribution in [1.29, 1.82) is 0 Å². The predicted octanol–water partition coefficient (Wildman–Crippen LogP) is 4.68. The molecule has 2 nitrogen and oxygen atoms in total. The summed E-state index contributed by atoms with van der Waals surface area (Å²) in [5.41, 5.74) is 1.92. The highest BCUT2D eigenvalue weighted by molar-refractivity contribution is 9.10. The Balaban J connectivity index is 2.19. The lowest BCUT2D eigenvalue weighted by Crippen LogP contribution is -1.93. The average molecular weight is 313 g/mol. The van der Waals surface area contributed by atoms with Crippen LogP contribution in [0.25, 0.3) is 0 Å². The SMILES string of the molecule is Cc1nc(Oc2ccc(Br)cc2)ccc1CCl. The fraction of sp³-hybridized carbons (Fsp3) is 0.154. The molecule has 0 saturated heterocycles. The number of pyridine rings is 1. The van der Waals surface area contributed by atoms with Gasteiger partial charge in [0.05, 0.1) is 0 Å². The molecule has 0 fully saturated rings. The summed E-state index contributed by atoms with van der Waals surface area (Å²) in [5, 5.41) is 0. The second kappa shape index (κ2) is 5.52. The van der Waals surface area contributed by atoms with Gasteiger partial charge in [0, 0.05) is 22.1 Å². The van der Waals surface area contributed by atoms with Gasteiger partial charge in [-0.25, -0.2) is 4.98 Å². The van der Waals surface area contributed by atoms with Gasteiger partial charge in [0.2, 0.25) is 5.88 Å². The molecular formula is C13H11BrClNO. The van der Waals surface area contributed by atoms with Gasteiger partial charge >= 0.3 is 0 Å². The van der Waals surface area contributed by atoms with E-state index in [1.54, 1.807) is 0 Å². The van der Waals surface area contributed by atoms with Gasteiger partial charge in [0.25, 0.3) is 0 Å². The van der Waals surface area contributed by atoms with Crippen LogP contribution in [0.5, 0.6) is 11.6 Å². The lowest BCUT2D eigenvalue weighted by atomic mass is 10.2. The Morgan fingerprint density at radius 3 is 2.47 bits per heavy atom. The van der Waals surface area contributed by atoms with Crippen molar-refractivity contribution in [1.82, 2.24) is 4.98 Å². The van der Waals surface area contributed by atoms with Crippen LogP contribution >= 0.6 is 27.5 Å². The van der Waals surface area contributed by atoms with E-state index in [-0.39, 0.29) is 0 Å². The van der Waals surface area contributed by atoms with Crippen molar-refractivity contribution in [2.75, 3.05) is 0 Å². The van der Waals surface area contributed by atoms with Crippen molar-refractivity contribution in [3.8, 4) is 11.6 Å². The molecule has 1 aromatic heterocycles. The van der Waals surface area contributed by atoms with Gasteiger partial charge in [0.15, 0.2) is 0 Å². The Bertz CT molecular complexity index is 513. The summed E-state index contributed by atoms with van der Waals surface area (Å²) in [6.45, 7) is 1.92. The topological polar surface area (TPSA) is 22.1 Å². The number of benzene rings is 1. The van der Waals surface area contributed by atoms with Gasteiger partial charge in [-0.15, -0.1) is 11.6 Å². The van der Waals surface area contributed by atoms with Gasteiger partial charge in [-0.1, -0.05) is 22.0 Å². The van der Waals surface area contributed by atoms with E-state index in [2.05, 4.69) is 20.9 Å². The number of alkyl halides is 1. The molecule has 0 unspecified atom stereocenters. The zero-order valence-corrected chi connectivity index (χ0v) is 11.6. The minimum atomic E-state index is 0.470. The average Bonchev–Trinajstić information content (AvgIpc) is 2.32. The third kappa shape index (κ3) is 3.20. The summed E-state index contributed by atoms with van der Waals surface area (Å²) in [6, 6.07) is 11.4. The number of aryl methyl sites for hydroxylation is 1. The van der Waals surface area contributed by atoms with E-state index in [0.29, 0.717) is 11.8 Å². The summed E-state index contributed by atoms with van der Waals surface area (Å²) in [4.78, 5) is 4.34. The Morgan fingerprint density at radius 1 is 1.18 bits per heavy atom. The van der Waals surface area contributed by atoms with Crippen molar-refractivity contribution in [3.05, 3.63) is 52.1 Å². The molecule has 0 spiro atoms. The highest BCUT2D eigenvalue weighted by atomic mass is 79.9. The highest BCUT2D eigenvalue weighted by Crippen LogP contribution is 2.23. The first-order valence-electron chi connectivity index (χ1n) is 5.15. The van der Waals surface area contributed by atoms with Gasteiger partial charge in [0.1, 0.15) is 5.75 Å². The number of aromatic nitrogens is 1. The zero-order valence-electron chi connectivity index (χ0n) is 9.28. The number of hydrogen-bond donors (Lipinski definition) is 0. The van der Waals surface area contributed by atoms with E-state index in [0.717, 1.165) is 21.5 Å². The second-order valence-electron chi connectivity index (χ2n) is 3.58. The van der Waals surface area contributed by atoms with Crippen LogP contribution in [0.2, 0.25) is 0 Å². The maximum absolute atomic E-state index is 5.78. The van der Waals surface area contributed by atoms with E-state index < -0.39 is 0 Å². The van der Waals surface area contributed by atoms with Crippen LogP contribution in [0.15, 0.2) is 40.9 Å². The molecule has 0 aliphatic rings. The normalized spacial score (nSPS) is 10.3. The molecule has 2 rings (SSSR count). The van der Waals surface area contributed by atoms with Crippen LogP contribution in [0.1, 0.15) is 11.3 Å². The Morgan fingerprint density at radius 2 is 1.88 bits per heavy atom. The molecule has 0 bridgehead atoms. The molecule has 0 radical (unpaired) electrons. The molecule has 2 aromatic rings. The van der Waals surface area contributed by atoms with Gasteiger partial charge < -0.3 is 4.74 Å². The van der Waals surface area contributed by atoms with Gasteiger partial charge in [-0.05, 0) is 36.8 Å². The molecular weight excluding hydrogens is 302 g/mol. The number of hydrogen-bond acceptors (Lipinski definition) is 2. The van der Waals surface area contributed by atoms with Crippen LogP contribution < -0.4 is 4.74 Å². The standard InChI is InChI=1S/C13H11BrClNO/c1-9-10(8-15)2-7-13(16-9)17-12-5-3-11(14)4-6-12/h2-7H,8H2,1H3. The molecule has 0 saturated carbocycles. The number of nitrogens with zero attached hydrogens (tertiary/aromatic N) is 1. The number of rotatable bonds is 3. The quantitative estimate of drug-likeness (QED) is 0.767. The first-order valence-corrected chi connectivity index (χ1v) is 6.47. The van der Waals surface area contributed by atoms with Crippen LogP contribution in [-0.4, -0.2) is 4.98 Å². The third-order valence-electron chi connectivity index (χ3n) is 2.35. The maximum Gasteiger partial charge on any atom is 0.219 e.